The van der Waals surface area contributed by atoms with E-state index in [0.717, 1.165) is 30.4 Å². The number of carbonyl (C=O) groups is 2. The van der Waals surface area contributed by atoms with E-state index >= 15 is 0 Å². The zero-order valence-electron chi connectivity index (χ0n) is 19.5. The normalized spacial score (nSPS) is 16.1. The number of benzene rings is 2. The average molecular weight is 541 g/mol. The Kier molecular flexibility index (Phi) is 9.58. The van der Waals surface area contributed by atoms with Gasteiger partial charge in [0, 0.05) is 19.5 Å². The van der Waals surface area contributed by atoms with Gasteiger partial charge in [-0.1, -0.05) is 66.9 Å². The maximum absolute atomic E-state index is 12.6. The molecule has 2 aromatic rings. The zero-order chi connectivity index (χ0) is 25.6. The largest absolute Gasteiger partial charge is 0.480 e. The Balaban J connectivity index is 1.61. The first-order chi connectivity index (χ1) is 16.6. The summed E-state index contributed by atoms with van der Waals surface area (Å²) in [5.41, 5.74) is 1.89. The molecule has 0 aromatic heterocycles. The van der Waals surface area contributed by atoms with Gasteiger partial charge in [-0.15, -0.1) is 0 Å². The molecule has 0 aliphatic carbocycles. The molecule has 0 bridgehead atoms. The number of carbonyl (C=O) groups excluding carboxylic acids is 1. The predicted molar refractivity (Wildman–Crippen MR) is 138 cm³/mol. The van der Waals surface area contributed by atoms with Crippen LogP contribution in [0.2, 0.25) is 10.0 Å². The molecule has 0 saturated carbocycles. The van der Waals surface area contributed by atoms with Crippen LogP contribution in [0.25, 0.3) is 0 Å². The van der Waals surface area contributed by atoms with Crippen LogP contribution in [0, 0.1) is 0 Å². The highest BCUT2D eigenvalue weighted by Crippen LogP contribution is 2.30. The molecule has 0 spiro atoms. The molecular weight excluding hydrogens is 511 g/mol. The summed E-state index contributed by atoms with van der Waals surface area (Å²) in [6, 6.07) is 11.1. The lowest BCUT2D eigenvalue weighted by molar-refractivity contribution is -0.139. The molecule has 1 atom stereocenters. The SMILES string of the molecule is CCCCS(=O)(=O)N1CCC(c2ccc(C[C@H](NC(=O)c3c(Cl)cccc3Cl)C(=O)O)cc2)CC1. The molecule has 1 fully saturated rings. The molecule has 10 heteroatoms. The van der Waals surface area contributed by atoms with Crippen LogP contribution in [0.5, 0.6) is 0 Å². The summed E-state index contributed by atoms with van der Waals surface area (Å²) in [6.45, 7) is 3.00. The van der Waals surface area contributed by atoms with Gasteiger partial charge in [-0.2, -0.15) is 0 Å². The summed E-state index contributed by atoms with van der Waals surface area (Å²) in [5.74, 6) is -1.36. The maximum Gasteiger partial charge on any atom is 0.326 e. The first-order valence-corrected chi connectivity index (χ1v) is 14.0. The number of aliphatic carboxylic acids is 1. The van der Waals surface area contributed by atoms with Gasteiger partial charge in [0.25, 0.3) is 5.91 Å². The number of amides is 1. The van der Waals surface area contributed by atoms with Crippen molar-refractivity contribution in [3.8, 4) is 0 Å². The molecular formula is C25H30Cl2N2O5S. The number of hydrogen-bond donors (Lipinski definition) is 2. The van der Waals surface area contributed by atoms with E-state index in [9.17, 15) is 23.1 Å². The number of carboxylic acid groups (broad SMARTS) is 1. The van der Waals surface area contributed by atoms with Crippen molar-refractivity contribution in [3.63, 3.8) is 0 Å². The van der Waals surface area contributed by atoms with Gasteiger partial charge >= 0.3 is 5.97 Å². The highest BCUT2D eigenvalue weighted by atomic mass is 35.5. The predicted octanol–water partition coefficient (Wildman–Crippen LogP) is 4.73. The van der Waals surface area contributed by atoms with Crippen LogP contribution in [0.1, 0.15) is 60.0 Å². The Morgan fingerprint density at radius 2 is 1.69 bits per heavy atom. The van der Waals surface area contributed by atoms with Crippen LogP contribution < -0.4 is 5.32 Å². The summed E-state index contributed by atoms with van der Waals surface area (Å²) < 4.78 is 26.5. The Bertz CT molecular complexity index is 1130. The fourth-order valence-corrected chi connectivity index (χ4v) is 6.48. The Labute approximate surface area is 216 Å². The number of hydrogen-bond acceptors (Lipinski definition) is 4. The standard InChI is InChI=1S/C25H30Cl2N2O5S/c1-2-3-15-35(33,34)29-13-11-19(12-14-29)18-9-7-17(8-10-18)16-22(25(31)32)28-24(30)23-20(26)5-4-6-21(23)27/h4-10,19,22H,2-3,11-16H2,1H3,(H,28,30)(H,31,32)/t22-/m0/s1. The third-order valence-electron chi connectivity index (χ3n) is 6.29. The molecule has 2 aromatic carbocycles. The number of halogens is 2. The van der Waals surface area contributed by atoms with Gasteiger partial charge in [-0.05, 0) is 48.4 Å². The smallest absolute Gasteiger partial charge is 0.326 e. The van der Waals surface area contributed by atoms with E-state index < -0.39 is 27.9 Å². The minimum Gasteiger partial charge on any atom is -0.480 e. The van der Waals surface area contributed by atoms with Crippen molar-refractivity contribution in [3.05, 3.63) is 69.2 Å². The second-order valence-electron chi connectivity index (χ2n) is 8.75. The van der Waals surface area contributed by atoms with E-state index in [1.165, 1.54) is 12.1 Å². The maximum atomic E-state index is 12.6. The second-order valence-corrected chi connectivity index (χ2v) is 11.7. The molecule has 35 heavy (non-hydrogen) atoms. The second kappa shape index (κ2) is 12.2. The van der Waals surface area contributed by atoms with Crippen LogP contribution in [-0.4, -0.2) is 54.6 Å². The summed E-state index contributed by atoms with van der Waals surface area (Å²) in [7, 11) is -3.19. The number of unbranched alkanes of at least 4 members (excludes halogenated alkanes) is 1. The number of piperidine rings is 1. The number of rotatable bonds is 10. The van der Waals surface area contributed by atoms with Gasteiger partial charge in [0.05, 0.1) is 21.4 Å². The number of carboxylic acids is 1. The van der Waals surface area contributed by atoms with Gasteiger partial charge in [-0.25, -0.2) is 17.5 Å². The molecule has 1 aliphatic rings. The van der Waals surface area contributed by atoms with Crippen molar-refractivity contribution in [2.75, 3.05) is 18.8 Å². The van der Waals surface area contributed by atoms with E-state index in [2.05, 4.69) is 5.32 Å². The first-order valence-electron chi connectivity index (χ1n) is 11.7. The van der Waals surface area contributed by atoms with Crippen molar-refractivity contribution in [1.82, 2.24) is 9.62 Å². The lowest BCUT2D eigenvalue weighted by Gasteiger charge is -2.31. The van der Waals surface area contributed by atoms with Crippen LogP contribution in [0.4, 0.5) is 0 Å². The van der Waals surface area contributed by atoms with Crippen LogP contribution >= 0.6 is 23.2 Å². The summed E-state index contributed by atoms with van der Waals surface area (Å²) >= 11 is 12.1. The van der Waals surface area contributed by atoms with Gasteiger partial charge < -0.3 is 10.4 Å². The van der Waals surface area contributed by atoms with Gasteiger partial charge in [0.2, 0.25) is 10.0 Å². The Hall–Kier alpha value is -2.13. The van der Waals surface area contributed by atoms with E-state index in [1.54, 1.807) is 10.4 Å². The van der Waals surface area contributed by atoms with Crippen molar-refractivity contribution in [1.29, 1.82) is 0 Å². The molecule has 190 valence electrons. The molecule has 7 nitrogen and oxygen atoms in total. The van der Waals surface area contributed by atoms with Gasteiger partial charge in [0.15, 0.2) is 0 Å². The molecule has 1 heterocycles. The lowest BCUT2D eigenvalue weighted by Crippen LogP contribution is -2.42. The van der Waals surface area contributed by atoms with Crippen molar-refractivity contribution in [2.45, 2.75) is 51.0 Å². The van der Waals surface area contributed by atoms with E-state index in [1.807, 2.05) is 31.2 Å². The molecule has 1 saturated heterocycles. The quantitative estimate of drug-likeness (QED) is 0.453. The minimum atomic E-state index is -3.19. The lowest BCUT2D eigenvalue weighted by atomic mass is 9.89. The highest BCUT2D eigenvalue weighted by molar-refractivity contribution is 7.89. The van der Waals surface area contributed by atoms with E-state index in [4.69, 9.17) is 23.2 Å². The molecule has 1 aliphatic heterocycles. The van der Waals surface area contributed by atoms with Crippen LogP contribution in [-0.2, 0) is 21.2 Å². The zero-order valence-corrected chi connectivity index (χ0v) is 21.9. The van der Waals surface area contributed by atoms with Gasteiger partial charge in [-0.3, -0.25) is 4.79 Å². The third-order valence-corrected chi connectivity index (χ3v) is 8.87. The van der Waals surface area contributed by atoms with Crippen LogP contribution in [0.15, 0.2) is 42.5 Å². The summed E-state index contributed by atoms with van der Waals surface area (Å²) in [6.07, 6.45) is 3.11. The average Bonchev–Trinajstić information content (AvgIpc) is 2.83. The first kappa shape index (κ1) is 27.5. The van der Waals surface area contributed by atoms with E-state index in [0.29, 0.717) is 19.5 Å². The summed E-state index contributed by atoms with van der Waals surface area (Å²) in [5, 5.41) is 12.4. The minimum absolute atomic E-state index is 0.0421. The monoisotopic (exact) mass is 540 g/mol. The fourth-order valence-electron chi connectivity index (χ4n) is 4.23. The number of sulfonamides is 1. The molecule has 1 amide bonds. The molecule has 3 rings (SSSR count). The highest BCUT2D eigenvalue weighted by Gasteiger charge is 2.28. The van der Waals surface area contributed by atoms with Crippen molar-refractivity contribution < 1.29 is 23.1 Å². The molecule has 0 unspecified atom stereocenters. The fraction of sp³-hybridized carbons (Fsp3) is 0.440. The Morgan fingerprint density at radius 1 is 1.09 bits per heavy atom. The van der Waals surface area contributed by atoms with Gasteiger partial charge in [0.1, 0.15) is 6.04 Å². The van der Waals surface area contributed by atoms with Crippen LogP contribution in [0.3, 0.4) is 0 Å². The summed E-state index contributed by atoms with van der Waals surface area (Å²) in [4.78, 5) is 24.4. The number of nitrogens with zero attached hydrogens (tertiary/aromatic N) is 1. The topological polar surface area (TPSA) is 104 Å². The number of nitrogens with one attached hydrogen (secondary N) is 1. The Morgan fingerprint density at radius 3 is 2.23 bits per heavy atom. The van der Waals surface area contributed by atoms with Crippen molar-refractivity contribution in [2.24, 2.45) is 0 Å². The van der Waals surface area contributed by atoms with Crippen molar-refractivity contribution >= 4 is 45.1 Å². The third kappa shape index (κ3) is 7.19. The van der Waals surface area contributed by atoms with E-state index in [-0.39, 0.29) is 33.7 Å². The molecule has 2 N–H and O–H groups in total. The molecule has 0 radical (unpaired) electrons.